The largest absolute Gasteiger partial charge is 0.302 e. The second-order valence-corrected chi connectivity index (χ2v) is 8.63. The fourth-order valence-corrected chi connectivity index (χ4v) is 4.99. The number of amides is 1. The van der Waals surface area contributed by atoms with Crippen LogP contribution in [0.2, 0.25) is 0 Å². The Morgan fingerprint density at radius 2 is 1.79 bits per heavy atom. The first kappa shape index (κ1) is 18.2. The summed E-state index contributed by atoms with van der Waals surface area (Å²) < 4.78 is 0. The molecule has 0 saturated carbocycles. The molecule has 146 valence electrons. The minimum Gasteiger partial charge on any atom is -0.302 e. The summed E-state index contributed by atoms with van der Waals surface area (Å²) >= 11 is 0. The Hall–Kier alpha value is -2.87. The zero-order chi connectivity index (χ0) is 20.0. The minimum atomic E-state index is -0.247. The van der Waals surface area contributed by atoms with Gasteiger partial charge in [-0.1, -0.05) is 74.0 Å². The van der Waals surface area contributed by atoms with Gasteiger partial charge in [-0.05, 0) is 59.7 Å². The monoisotopic (exact) mass is 381 g/mol. The van der Waals surface area contributed by atoms with E-state index in [9.17, 15) is 4.79 Å². The van der Waals surface area contributed by atoms with Gasteiger partial charge < -0.3 is 4.90 Å². The Morgan fingerprint density at radius 1 is 1.00 bits per heavy atom. The van der Waals surface area contributed by atoms with Gasteiger partial charge in [0.2, 0.25) is 5.91 Å². The molecule has 5 rings (SSSR count). The summed E-state index contributed by atoms with van der Waals surface area (Å²) in [6.45, 7) is 4.43. The number of unbranched alkanes of at least 4 members (excludes halogenated alkanes) is 1. The van der Waals surface area contributed by atoms with E-state index in [-0.39, 0.29) is 11.4 Å². The lowest BCUT2D eigenvalue weighted by molar-refractivity contribution is -0.117. The molecule has 2 heterocycles. The fourth-order valence-electron chi connectivity index (χ4n) is 4.99. The predicted octanol–water partition coefficient (Wildman–Crippen LogP) is 6.51. The van der Waals surface area contributed by atoms with Crippen molar-refractivity contribution in [2.45, 2.75) is 51.5 Å². The maximum Gasteiger partial charge on any atom is 0.227 e. The van der Waals surface area contributed by atoms with Crippen LogP contribution < -0.4 is 4.90 Å². The number of carbonyl (C=O) groups excluding carboxylic acids is 1. The minimum absolute atomic E-state index is 0.231. The molecular weight excluding hydrogens is 354 g/mol. The SMILES string of the molecule is CCCCc1ccc(C2=CC3(C)CCC(=O)N3c3ccc4ccccc4c32)cc1. The summed E-state index contributed by atoms with van der Waals surface area (Å²) in [5.74, 6) is 0.231. The van der Waals surface area contributed by atoms with Crippen LogP contribution in [-0.4, -0.2) is 11.4 Å². The zero-order valence-electron chi connectivity index (χ0n) is 17.2. The summed E-state index contributed by atoms with van der Waals surface area (Å²) in [6.07, 6.45) is 7.40. The van der Waals surface area contributed by atoms with Crippen molar-refractivity contribution in [1.82, 2.24) is 0 Å². The number of hydrogen-bond acceptors (Lipinski definition) is 1. The Morgan fingerprint density at radius 3 is 2.59 bits per heavy atom. The van der Waals surface area contributed by atoms with Crippen molar-refractivity contribution in [3.8, 4) is 0 Å². The first-order valence-corrected chi connectivity index (χ1v) is 10.8. The lowest BCUT2D eigenvalue weighted by Gasteiger charge is -2.39. The highest BCUT2D eigenvalue weighted by molar-refractivity contribution is 6.11. The molecule has 0 aromatic heterocycles. The maximum absolute atomic E-state index is 12.8. The molecule has 1 saturated heterocycles. The van der Waals surface area contributed by atoms with E-state index >= 15 is 0 Å². The van der Waals surface area contributed by atoms with Crippen LogP contribution in [0.4, 0.5) is 5.69 Å². The summed E-state index contributed by atoms with van der Waals surface area (Å²) in [6, 6.07) is 21.9. The number of aryl methyl sites for hydroxylation is 1. The summed E-state index contributed by atoms with van der Waals surface area (Å²) in [4.78, 5) is 14.8. The molecule has 0 bridgehead atoms. The van der Waals surface area contributed by atoms with Gasteiger partial charge in [-0.2, -0.15) is 0 Å². The van der Waals surface area contributed by atoms with Crippen LogP contribution in [0, 0.1) is 0 Å². The van der Waals surface area contributed by atoms with Gasteiger partial charge in [0.25, 0.3) is 0 Å². The van der Waals surface area contributed by atoms with Crippen molar-refractivity contribution in [2.75, 3.05) is 4.90 Å². The maximum atomic E-state index is 12.8. The van der Waals surface area contributed by atoms with E-state index in [0.717, 1.165) is 18.5 Å². The number of fused-ring (bicyclic) bond motifs is 5. The molecule has 3 aromatic rings. The van der Waals surface area contributed by atoms with Crippen molar-refractivity contribution in [3.63, 3.8) is 0 Å². The van der Waals surface area contributed by atoms with Crippen LogP contribution in [0.15, 0.2) is 66.7 Å². The van der Waals surface area contributed by atoms with E-state index in [4.69, 9.17) is 0 Å². The van der Waals surface area contributed by atoms with E-state index in [1.54, 1.807) is 0 Å². The lowest BCUT2D eigenvalue weighted by Crippen LogP contribution is -2.44. The van der Waals surface area contributed by atoms with Gasteiger partial charge in [-0.25, -0.2) is 0 Å². The number of benzene rings is 3. The summed E-state index contributed by atoms with van der Waals surface area (Å²) in [5, 5.41) is 2.43. The van der Waals surface area contributed by atoms with Gasteiger partial charge in [0.05, 0.1) is 11.2 Å². The average Bonchev–Trinajstić information content (AvgIpc) is 3.06. The van der Waals surface area contributed by atoms with Crippen LogP contribution in [0.25, 0.3) is 16.3 Å². The number of carbonyl (C=O) groups is 1. The summed E-state index contributed by atoms with van der Waals surface area (Å²) in [5.41, 5.74) is 5.89. The topological polar surface area (TPSA) is 20.3 Å². The quantitative estimate of drug-likeness (QED) is 0.504. The molecule has 3 aromatic carbocycles. The fraction of sp³-hybridized carbons (Fsp3) is 0.296. The number of nitrogens with zero attached hydrogens (tertiary/aromatic N) is 1. The highest BCUT2D eigenvalue weighted by Gasteiger charge is 2.45. The van der Waals surface area contributed by atoms with Crippen molar-refractivity contribution >= 4 is 27.9 Å². The van der Waals surface area contributed by atoms with Crippen molar-refractivity contribution in [1.29, 1.82) is 0 Å². The van der Waals surface area contributed by atoms with E-state index in [1.807, 2.05) is 4.90 Å². The first-order valence-electron chi connectivity index (χ1n) is 10.8. The normalized spacial score (nSPS) is 20.6. The van der Waals surface area contributed by atoms with E-state index < -0.39 is 0 Å². The van der Waals surface area contributed by atoms with Gasteiger partial charge in [-0.15, -0.1) is 0 Å². The van der Waals surface area contributed by atoms with Gasteiger partial charge in [-0.3, -0.25) is 4.79 Å². The molecule has 2 heteroatoms. The van der Waals surface area contributed by atoms with Crippen LogP contribution in [-0.2, 0) is 11.2 Å². The number of rotatable bonds is 4. The molecule has 1 amide bonds. The Kier molecular flexibility index (Phi) is 4.31. The molecule has 29 heavy (non-hydrogen) atoms. The second kappa shape index (κ2) is 6.88. The molecule has 2 nitrogen and oxygen atoms in total. The van der Waals surface area contributed by atoms with Crippen LogP contribution in [0.1, 0.15) is 56.2 Å². The van der Waals surface area contributed by atoms with E-state index in [2.05, 4.69) is 80.6 Å². The Bertz CT molecular complexity index is 1120. The van der Waals surface area contributed by atoms with Crippen molar-refractivity contribution in [2.24, 2.45) is 0 Å². The second-order valence-electron chi connectivity index (χ2n) is 8.63. The molecule has 0 N–H and O–H groups in total. The molecule has 2 aliphatic heterocycles. The van der Waals surface area contributed by atoms with Crippen molar-refractivity contribution in [3.05, 3.63) is 83.4 Å². The van der Waals surface area contributed by atoms with Crippen LogP contribution >= 0.6 is 0 Å². The lowest BCUT2D eigenvalue weighted by atomic mass is 9.82. The Balaban J connectivity index is 1.71. The predicted molar refractivity (Wildman–Crippen MR) is 121 cm³/mol. The van der Waals surface area contributed by atoms with Crippen LogP contribution in [0.3, 0.4) is 0 Å². The molecule has 0 spiro atoms. The van der Waals surface area contributed by atoms with E-state index in [0.29, 0.717) is 6.42 Å². The molecule has 1 unspecified atom stereocenters. The number of anilines is 1. The number of hydrogen-bond donors (Lipinski definition) is 0. The molecule has 1 fully saturated rings. The molecular formula is C27H27NO. The third-order valence-corrected chi connectivity index (χ3v) is 6.56. The molecule has 1 atom stereocenters. The first-order chi connectivity index (χ1) is 14.1. The molecule has 0 aliphatic carbocycles. The van der Waals surface area contributed by atoms with Gasteiger partial charge >= 0.3 is 0 Å². The van der Waals surface area contributed by atoms with E-state index in [1.165, 1.54) is 45.9 Å². The van der Waals surface area contributed by atoms with Gasteiger partial charge in [0, 0.05) is 12.0 Å². The zero-order valence-corrected chi connectivity index (χ0v) is 17.2. The molecule has 2 aliphatic rings. The third kappa shape index (κ3) is 2.90. The van der Waals surface area contributed by atoms with Crippen molar-refractivity contribution < 1.29 is 4.79 Å². The van der Waals surface area contributed by atoms with Gasteiger partial charge in [0.15, 0.2) is 0 Å². The Labute approximate surface area is 172 Å². The highest BCUT2D eigenvalue weighted by Crippen LogP contribution is 2.49. The highest BCUT2D eigenvalue weighted by atomic mass is 16.2. The standard InChI is InChI=1S/C27H27NO/c1-3-4-7-19-10-12-21(13-11-19)23-18-27(2)17-16-25(29)28(27)24-15-14-20-8-5-6-9-22(20)26(23)24/h5-6,8-15,18H,3-4,7,16-17H2,1-2H3. The summed E-state index contributed by atoms with van der Waals surface area (Å²) in [7, 11) is 0. The van der Waals surface area contributed by atoms with Crippen LogP contribution in [0.5, 0.6) is 0 Å². The molecule has 0 radical (unpaired) electrons. The third-order valence-electron chi connectivity index (χ3n) is 6.56. The average molecular weight is 382 g/mol. The van der Waals surface area contributed by atoms with Gasteiger partial charge in [0.1, 0.15) is 0 Å². The smallest absolute Gasteiger partial charge is 0.227 e.